The molecule has 10 nitrogen and oxygen atoms in total. The van der Waals surface area contributed by atoms with Gasteiger partial charge in [-0.25, -0.2) is 0 Å². The lowest BCUT2D eigenvalue weighted by Gasteiger charge is -2.37. The number of nitrogens with zero attached hydrogens (tertiary/aromatic N) is 3. The number of amides is 3. The molecule has 1 saturated heterocycles. The minimum absolute atomic E-state index is 0.0440. The van der Waals surface area contributed by atoms with Crippen molar-refractivity contribution in [1.29, 1.82) is 0 Å². The lowest BCUT2D eigenvalue weighted by atomic mass is 9.84. The SMILES string of the molecule is C[C@@H](N)C(=O)N1CCC(C(NC(=O)c2cc(C3CC3)on2)c2cccc(C(=O)Nc3cccnc3)c2)CC1. The van der Waals surface area contributed by atoms with Gasteiger partial charge in [-0.05, 0) is 68.4 Å². The van der Waals surface area contributed by atoms with Gasteiger partial charge in [0, 0.05) is 36.8 Å². The molecule has 0 bridgehead atoms. The zero-order valence-corrected chi connectivity index (χ0v) is 21.3. The van der Waals surface area contributed by atoms with Gasteiger partial charge < -0.3 is 25.8 Å². The molecule has 1 unspecified atom stereocenters. The highest BCUT2D eigenvalue weighted by molar-refractivity contribution is 6.04. The number of nitrogens with two attached hydrogens (primary N) is 1. The Kier molecular flexibility index (Phi) is 7.50. The van der Waals surface area contributed by atoms with Crippen LogP contribution in [0.25, 0.3) is 0 Å². The van der Waals surface area contributed by atoms with Crippen molar-refractivity contribution in [2.75, 3.05) is 18.4 Å². The van der Waals surface area contributed by atoms with Crippen LogP contribution in [0.2, 0.25) is 0 Å². The van der Waals surface area contributed by atoms with Gasteiger partial charge in [-0.1, -0.05) is 17.3 Å². The third-order valence-corrected chi connectivity index (χ3v) is 7.17. The number of likely N-dealkylation sites (tertiary alicyclic amines) is 1. The van der Waals surface area contributed by atoms with Gasteiger partial charge in [0.2, 0.25) is 5.91 Å². The fourth-order valence-electron chi connectivity index (χ4n) is 4.90. The maximum Gasteiger partial charge on any atom is 0.273 e. The molecular formula is C28H32N6O4. The predicted molar refractivity (Wildman–Crippen MR) is 140 cm³/mol. The van der Waals surface area contributed by atoms with Crippen molar-refractivity contribution in [3.63, 3.8) is 0 Å². The Balaban J connectivity index is 1.36. The van der Waals surface area contributed by atoms with Crippen LogP contribution in [0.3, 0.4) is 0 Å². The summed E-state index contributed by atoms with van der Waals surface area (Å²) >= 11 is 0. The van der Waals surface area contributed by atoms with Crippen LogP contribution in [0, 0.1) is 5.92 Å². The van der Waals surface area contributed by atoms with Gasteiger partial charge in [0.15, 0.2) is 5.69 Å². The summed E-state index contributed by atoms with van der Waals surface area (Å²) in [7, 11) is 0. The average molecular weight is 517 g/mol. The monoisotopic (exact) mass is 516 g/mol. The van der Waals surface area contributed by atoms with Gasteiger partial charge in [-0.15, -0.1) is 0 Å². The van der Waals surface area contributed by atoms with Gasteiger partial charge in [-0.3, -0.25) is 19.4 Å². The van der Waals surface area contributed by atoms with Gasteiger partial charge in [0.1, 0.15) is 5.76 Å². The Morgan fingerprint density at radius 2 is 1.84 bits per heavy atom. The summed E-state index contributed by atoms with van der Waals surface area (Å²) in [4.78, 5) is 44.4. The summed E-state index contributed by atoms with van der Waals surface area (Å²) < 4.78 is 5.39. The van der Waals surface area contributed by atoms with Crippen molar-refractivity contribution in [2.45, 2.75) is 50.6 Å². The van der Waals surface area contributed by atoms with Gasteiger partial charge in [-0.2, -0.15) is 0 Å². The highest BCUT2D eigenvalue weighted by Gasteiger charge is 2.33. The molecule has 3 aromatic rings. The highest BCUT2D eigenvalue weighted by atomic mass is 16.5. The normalized spacial score (nSPS) is 17.5. The van der Waals surface area contributed by atoms with Crippen molar-refractivity contribution in [2.24, 2.45) is 11.7 Å². The highest BCUT2D eigenvalue weighted by Crippen LogP contribution is 2.40. The topological polar surface area (TPSA) is 143 Å². The molecule has 38 heavy (non-hydrogen) atoms. The largest absolute Gasteiger partial charge is 0.360 e. The van der Waals surface area contributed by atoms with E-state index in [0.29, 0.717) is 43.1 Å². The van der Waals surface area contributed by atoms with E-state index >= 15 is 0 Å². The van der Waals surface area contributed by atoms with Crippen molar-refractivity contribution < 1.29 is 18.9 Å². The van der Waals surface area contributed by atoms with Crippen LogP contribution < -0.4 is 16.4 Å². The lowest BCUT2D eigenvalue weighted by molar-refractivity contribution is -0.133. The fraction of sp³-hybridized carbons (Fsp3) is 0.393. The second kappa shape index (κ2) is 11.1. The zero-order chi connectivity index (χ0) is 26.6. The molecule has 0 spiro atoms. The standard InChI is InChI=1S/C28H32N6O4/c1-17(29)28(37)34-12-9-19(10-13-34)25(32-27(36)23-15-24(38-33-23)18-7-8-18)20-4-2-5-21(14-20)26(35)31-22-6-3-11-30-16-22/h2-6,11,14-19,25H,7-10,12-13,29H2,1H3,(H,31,35)(H,32,36)/t17-,25?/m1/s1. The number of nitrogens with one attached hydrogen (secondary N) is 2. The van der Waals surface area contributed by atoms with Crippen LogP contribution in [0.1, 0.15) is 76.7 Å². The zero-order valence-electron chi connectivity index (χ0n) is 21.3. The molecule has 5 rings (SSSR count). The second-order valence-corrected chi connectivity index (χ2v) is 10.1. The summed E-state index contributed by atoms with van der Waals surface area (Å²) in [5.41, 5.74) is 7.91. The molecule has 2 atom stereocenters. The molecule has 1 aromatic carbocycles. The summed E-state index contributed by atoms with van der Waals surface area (Å²) in [5.74, 6) is 0.457. The first-order chi connectivity index (χ1) is 18.4. The first-order valence-electron chi connectivity index (χ1n) is 13.0. The van der Waals surface area contributed by atoms with Crippen molar-refractivity contribution in [3.05, 3.63) is 77.4 Å². The first-order valence-corrected chi connectivity index (χ1v) is 13.0. The van der Waals surface area contributed by atoms with Crippen molar-refractivity contribution in [1.82, 2.24) is 20.4 Å². The molecule has 2 fully saturated rings. The number of aromatic nitrogens is 2. The fourth-order valence-corrected chi connectivity index (χ4v) is 4.90. The van der Waals surface area contributed by atoms with Crippen LogP contribution in [-0.4, -0.2) is 51.9 Å². The number of carbonyl (C=O) groups is 3. The van der Waals surface area contributed by atoms with Crippen molar-refractivity contribution in [3.8, 4) is 0 Å². The Morgan fingerprint density at radius 3 is 2.53 bits per heavy atom. The number of rotatable bonds is 8. The molecule has 1 aliphatic heterocycles. The average Bonchev–Trinajstić information content (AvgIpc) is 3.67. The van der Waals surface area contributed by atoms with Crippen LogP contribution in [0.4, 0.5) is 5.69 Å². The molecule has 1 aliphatic carbocycles. The molecule has 1 saturated carbocycles. The summed E-state index contributed by atoms with van der Waals surface area (Å²) in [6.45, 7) is 2.79. The van der Waals surface area contributed by atoms with Crippen molar-refractivity contribution >= 4 is 23.4 Å². The third-order valence-electron chi connectivity index (χ3n) is 7.17. The third kappa shape index (κ3) is 5.91. The minimum atomic E-state index is -0.551. The van der Waals surface area contributed by atoms with Crippen LogP contribution in [-0.2, 0) is 4.79 Å². The minimum Gasteiger partial charge on any atom is -0.360 e. The molecule has 0 radical (unpaired) electrons. The quantitative estimate of drug-likeness (QED) is 0.417. The number of benzene rings is 1. The number of anilines is 1. The van der Waals surface area contributed by atoms with Crippen LogP contribution in [0.5, 0.6) is 0 Å². The molecule has 3 heterocycles. The van der Waals surface area contributed by atoms with E-state index in [9.17, 15) is 14.4 Å². The van der Waals surface area contributed by atoms with E-state index in [1.54, 1.807) is 54.5 Å². The Morgan fingerprint density at radius 1 is 1.05 bits per heavy atom. The first kappa shape index (κ1) is 25.6. The molecular weight excluding hydrogens is 484 g/mol. The molecule has 10 heteroatoms. The second-order valence-electron chi connectivity index (χ2n) is 10.1. The number of hydrogen-bond acceptors (Lipinski definition) is 7. The van der Waals surface area contributed by atoms with E-state index in [1.807, 2.05) is 12.1 Å². The predicted octanol–water partition coefficient (Wildman–Crippen LogP) is 3.26. The summed E-state index contributed by atoms with van der Waals surface area (Å²) in [6.07, 6.45) is 6.68. The van der Waals surface area contributed by atoms with E-state index in [0.717, 1.165) is 24.2 Å². The number of pyridine rings is 1. The molecule has 3 amide bonds. The Bertz CT molecular complexity index is 1300. The molecule has 198 valence electrons. The van der Waals surface area contributed by atoms with Crippen LogP contribution in [0.15, 0.2) is 59.4 Å². The van der Waals surface area contributed by atoms with E-state index in [4.69, 9.17) is 10.3 Å². The van der Waals surface area contributed by atoms with Crippen LogP contribution >= 0.6 is 0 Å². The van der Waals surface area contributed by atoms with E-state index in [-0.39, 0.29) is 35.4 Å². The summed E-state index contributed by atoms with van der Waals surface area (Å²) in [5, 5.41) is 9.99. The van der Waals surface area contributed by atoms with Gasteiger partial charge >= 0.3 is 0 Å². The Hall–Kier alpha value is -4.05. The lowest BCUT2D eigenvalue weighted by Crippen LogP contribution is -2.47. The van der Waals surface area contributed by atoms with E-state index in [1.165, 1.54) is 0 Å². The molecule has 2 aliphatic rings. The number of hydrogen-bond donors (Lipinski definition) is 3. The number of piperidine rings is 1. The van der Waals surface area contributed by atoms with E-state index in [2.05, 4.69) is 20.8 Å². The van der Waals surface area contributed by atoms with Gasteiger partial charge in [0.05, 0.1) is 24.0 Å². The Labute approximate surface area is 221 Å². The van der Waals surface area contributed by atoms with E-state index < -0.39 is 6.04 Å². The maximum atomic E-state index is 13.2. The summed E-state index contributed by atoms with van der Waals surface area (Å²) in [6, 6.07) is 11.5. The molecule has 2 aromatic heterocycles. The van der Waals surface area contributed by atoms with Gasteiger partial charge in [0.25, 0.3) is 11.8 Å². The number of carbonyl (C=O) groups excluding carboxylic acids is 3. The smallest absolute Gasteiger partial charge is 0.273 e. The molecule has 4 N–H and O–H groups in total. The maximum absolute atomic E-state index is 13.2.